The number of nitrogens with zero attached hydrogens (tertiary/aromatic N) is 2. The van der Waals surface area contributed by atoms with Crippen LogP contribution in [0.2, 0.25) is 5.02 Å². The Hall–Kier alpha value is -2.26. The molecule has 1 aliphatic rings. The average Bonchev–Trinajstić information content (AvgIpc) is 3.20. The van der Waals surface area contributed by atoms with E-state index in [4.69, 9.17) is 16.6 Å². The van der Waals surface area contributed by atoms with Crippen molar-refractivity contribution in [2.75, 3.05) is 11.6 Å². The molecule has 0 saturated carbocycles. The Balaban J connectivity index is 1.41. The number of carbonyl (C=O) groups is 1. The number of fused-ring (bicyclic) bond motifs is 1. The summed E-state index contributed by atoms with van der Waals surface area (Å²) in [6.07, 6.45) is 1.31. The summed E-state index contributed by atoms with van der Waals surface area (Å²) >= 11 is 7.49. The van der Waals surface area contributed by atoms with Crippen molar-refractivity contribution in [2.45, 2.75) is 43.8 Å². The van der Waals surface area contributed by atoms with Gasteiger partial charge in [0.15, 0.2) is 15.0 Å². The Kier molecular flexibility index (Phi) is 6.15. The van der Waals surface area contributed by atoms with Gasteiger partial charge in [-0.05, 0) is 49.2 Å². The molecule has 0 fully saturated rings. The summed E-state index contributed by atoms with van der Waals surface area (Å²) in [5.41, 5.74) is 2.67. The lowest BCUT2D eigenvalue weighted by Gasteiger charge is -2.31. The molecular formula is C23H24ClN3O3S2. The molecule has 32 heavy (non-hydrogen) atoms. The Bertz CT molecular complexity index is 1250. The number of thiazole rings is 1. The topological polar surface area (TPSA) is 79.4 Å². The molecule has 4 rings (SSSR count). The molecule has 0 radical (unpaired) electrons. The highest BCUT2D eigenvalue weighted by molar-refractivity contribution is 7.90. The summed E-state index contributed by atoms with van der Waals surface area (Å²) in [7, 11) is -3.25. The first-order valence-electron chi connectivity index (χ1n) is 10.1. The fourth-order valence-electron chi connectivity index (χ4n) is 3.78. The third-order valence-electron chi connectivity index (χ3n) is 5.65. The zero-order valence-corrected chi connectivity index (χ0v) is 20.4. The van der Waals surface area contributed by atoms with Gasteiger partial charge in [0, 0.05) is 29.2 Å². The third kappa shape index (κ3) is 4.88. The maximum Gasteiger partial charge on any atom is 0.230 e. The molecule has 0 aliphatic carbocycles. The third-order valence-corrected chi connectivity index (χ3v) is 7.99. The van der Waals surface area contributed by atoms with Gasteiger partial charge < -0.3 is 5.32 Å². The molecule has 0 bridgehead atoms. The lowest BCUT2D eigenvalue weighted by atomic mass is 10.0. The predicted octanol–water partition coefficient (Wildman–Crippen LogP) is 4.63. The van der Waals surface area contributed by atoms with Crippen LogP contribution in [0.5, 0.6) is 0 Å². The van der Waals surface area contributed by atoms with Crippen LogP contribution in [0, 0.1) is 0 Å². The molecule has 2 aromatic carbocycles. The number of anilines is 1. The van der Waals surface area contributed by atoms with Gasteiger partial charge >= 0.3 is 0 Å². The second kappa shape index (κ2) is 8.59. The first-order valence-corrected chi connectivity index (χ1v) is 13.2. The van der Waals surface area contributed by atoms with Crippen molar-refractivity contribution in [3.05, 3.63) is 75.3 Å². The van der Waals surface area contributed by atoms with E-state index < -0.39 is 9.84 Å². The van der Waals surface area contributed by atoms with E-state index in [1.54, 1.807) is 12.1 Å². The van der Waals surface area contributed by atoms with E-state index in [2.05, 4.69) is 24.1 Å². The van der Waals surface area contributed by atoms with Crippen LogP contribution in [0.4, 0.5) is 5.13 Å². The zero-order valence-electron chi connectivity index (χ0n) is 18.1. The number of aromatic nitrogens is 1. The summed E-state index contributed by atoms with van der Waals surface area (Å²) in [4.78, 5) is 21.0. The molecule has 1 amide bonds. The molecule has 3 aromatic rings. The predicted molar refractivity (Wildman–Crippen MR) is 128 cm³/mol. The Morgan fingerprint density at radius 3 is 2.34 bits per heavy atom. The van der Waals surface area contributed by atoms with Gasteiger partial charge in [0.05, 0.1) is 22.5 Å². The minimum atomic E-state index is -3.25. The fraction of sp³-hybridized carbons (Fsp3) is 0.304. The van der Waals surface area contributed by atoms with Gasteiger partial charge in [0.2, 0.25) is 5.91 Å². The molecule has 1 N–H and O–H groups in total. The van der Waals surface area contributed by atoms with Crippen LogP contribution in [0.15, 0.2) is 53.4 Å². The summed E-state index contributed by atoms with van der Waals surface area (Å²) in [6.45, 7) is 5.84. The number of benzene rings is 2. The van der Waals surface area contributed by atoms with Gasteiger partial charge in [-0.25, -0.2) is 13.4 Å². The largest absolute Gasteiger partial charge is 0.302 e. The molecule has 2 heterocycles. The van der Waals surface area contributed by atoms with Crippen molar-refractivity contribution in [3.63, 3.8) is 0 Å². The summed E-state index contributed by atoms with van der Waals surface area (Å²) in [5.74, 6) is -0.180. The molecule has 0 atom stereocenters. The van der Waals surface area contributed by atoms with E-state index in [0.717, 1.165) is 40.5 Å². The van der Waals surface area contributed by atoms with E-state index in [1.807, 2.05) is 24.3 Å². The van der Waals surface area contributed by atoms with Gasteiger partial charge in [-0.1, -0.05) is 47.2 Å². The number of hydrogen-bond acceptors (Lipinski definition) is 6. The standard InChI is InChI=1S/C23H24ClN3O3S2/c1-23(2)21-19(14-27(23)13-16-4-8-17(24)9-5-16)31-22(26-21)25-20(28)12-15-6-10-18(11-7-15)32(3,29)30/h4-11H,12-14H2,1-3H3,(H,25,26,28). The number of carbonyl (C=O) groups excluding carboxylic acids is 1. The molecule has 1 aromatic heterocycles. The van der Waals surface area contributed by atoms with E-state index in [0.29, 0.717) is 5.13 Å². The van der Waals surface area contributed by atoms with E-state index in [-0.39, 0.29) is 22.8 Å². The Labute approximate surface area is 197 Å². The van der Waals surface area contributed by atoms with Crippen LogP contribution in [-0.2, 0) is 39.7 Å². The van der Waals surface area contributed by atoms with E-state index >= 15 is 0 Å². The van der Waals surface area contributed by atoms with Crippen molar-refractivity contribution in [1.29, 1.82) is 0 Å². The molecule has 9 heteroatoms. The minimum Gasteiger partial charge on any atom is -0.302 e. The molecule has 6 nitrogen and oxygen atoms in total. The van der Waals surface area contributed by atoms with Crippen molar-refractivity contribution in [1.82, 2.24) is 9.88 Å². The Morgan fingerprint density at radius 2 is 1.75 bits per heavy atom. The van der Waals surface area contributed by atoms with Crippen molar-refractivity contribution in [2.24, 2.45) is 0 Å². The molecule has 0 spiro atoms. The van der Waals surface area contributed by atoms with Crippen LogP contribution < -0.4 is 5.32 Å². The number of rotatable bonds is 6. The average molecular weight is 490 g/mol. The molecule has 1 aliphatic heterocycles. The Morgan fingerprint density at radius 1 is 1.12 bits per heavy atom. The highest BCUT2D eigenvalue weighted by Crippen LogP contribution is 2.43. The number of amides is 1. The quantitative estimate of drug-likeness (QED) is 0.546. The number of hydrogen-bond donors (Lipinski definition) is 1. The number of halogens is 1. The molecular weight excluding hydrogens is 466 g/mol. The van der Waals surface area contributed by atoms with Crippen molar-refractivity contribution in [3.8, 4) is 0 Å². The first kappa shape index (κ1) is 22.9. The summed E-state index contributed by atoms with van der Waals surface area (Å²) < 4.78 is 23.1. The van der Waals surface area contributed by atoms with Gasteiger partial charge in [0.25, 0.3) is 0 Å². The molecule has 0 unspecified atom stereocenters. The van der Waals surface area contributed by atoms with E-state index in [1.165, 1.54) is 29.0 Å². The molecule has 0 saturated heterocycles. The fourth-order valence-corrected chi connectivity index (χ4v) is 5.68. The van der Waals surface area contributed by atoms with Gasteiger partial charge in [-0.15, -0.1) is 0 Å². The van der Waals surface area contributed by atoms with Crippen LogP contribution in [0.25, 0.3) is 0 Å². The number of nitrogens with one attached hydrogen (secondary N) is 1. The van der Waals surface area contributed by atoms with E-state index in [9.17, 15) is 13.2 Å². The van der Waals surface area contributed by atoms with Crippen LogP contribution >= 0.6 is 22.9 Å². The lowest BCUT2D eigenvalue weighted by Crippen LogP contribution is -2.35. The SMILES string of the molecule is CC1(C)c2nc(NC(=O)Cc3ccc(S(C)(=O)=O)cc3)sc2CN1Cc1ccc(Cl)cc1. The van der Waals surface area contributed by atoms with Crippen molar-refractivity contribution >= 4 is 43.8 Å². The summed E-state index contributed by atoms with van der Waals surface area (Å²) in [5, 5.41) is 4.20. The monoisotopic (exact) mass is 489 g/mol. The van der Waals surface area contributed by atoms with Gasteiger partial charge in [0.1, 0.15) is 0 Å². The van der Waals surface area contributed by atoms with Crippen molar-refractivity contribution < 1.29 is 13.2 Å². The molecule has 168 valence electrons. The number of sulfone groups is 1. The first-order chi connectivity index (χ1) is 15.0. The maximum atomic E-state index is 12.5. The van der Waals surface area contributed by atoms with Crippen LogP contribution in [0.3, 0.4) is 0 Å². The zero-order chi connectivity index (χ0) is 23.1. The second-order valence-electron chi connectivity index (χ2n) is 8.47. The van der Waals surface area contributed by atoms with Gasteiger partial charge in [-0.2, -0.15) is 0 Å². The maximum absolute atomic E-state index is 12.5. The van der Waals surface area contributed by atoms with Crippen LogP contribution in [0.1, 0.15) is 35.5 Å². The van der Waals surface area contributed by atoms with Crippen LogP contribution in [-0.4, -0.2) is 30.5 Å². The normalized spacial score (nSPS) is 15.5. The highest BCUT2D eigenvalue weighted by atomic mass is 35.5. The lowest BCUT2D eigenvalue weighted by molar-refractivity contribution is -0.115. The van der Waals surface area contributed by atoms with Gasteiger partial charge in [-0.3, -0.25) is 9.69 Å². The summed E-state index contributed by atoms with van der Waals surface area (Å²) in [6, 6.07) is 14.2. The smallest absolute Gasteiger partial charge is 0.230 e. The second-order valence-corrected chi connectivity index (χ2v) is 12.0. The minimum absolute atomic E-state index is 0.153. The highest BCUT2D eigenvalue weighted by Gasteiger charge is 2.40.